The van der Waals surface area contributed by atoms with Crippen LogP contribution in [0.4, 0.5) is 5.69 Å². The molecule has 2 aromatic rings. The van der Waals surface area contributed by atoms with Crippen LogP contribution >= 0.6 is 0 Å². The molecule has 0 aliphatic carbocycles. The highest BCUT2D eigenvalue weighted by Gasteiger charge is 2.33. The quantitative estimate of drug-likeness (QED) is 0.917. The van der Waals surface area contributed by atoms with Crippen molar-refractivity contribution < 1.29 is 0 Å². The molecule has 2 atom stereocenters. The second kappa shape index (κ2) is 7.31. The van der Waals surface area contributed by atoms with Crippen molar-refractivity contribution in [2.24, 2.45) is 13.0 Å². The largest absolute Gasteiger partial charge is 0.379 e. The molecule has 0 bridgehead atoms. The molecule has 0 radical (unpaired) electrons. The Kier molecular flexibility index (Phi) is 4.90. The molecule has 140 valence electrons. The van der Waals surface area contributed by atoms with E-state index in [9.17, 15) is 4.79 Å². The molecule has 0 saturated carbocycles. The maximum atomic E-state index is 13.0. The third-order valence-corrected chi connectivity index (χ3v) is 6.32. The summed E-state index contributed by atoms with van der Waals surface area (Å²) in [6.07, 6.45) is 6.56. The number of hydrogen-bond donors (Lipinski definition) is 1. The summed E-state index contributed by atoms with van der Waals surface area (Å²) in [5.74, 6) is 0.647. The topological polar surface area (TPSA) is 42.2 Å². The monoisotopic (exact) mass is 354 g/mol. The van der Waals surface area contributed by atoms with Crippen LogP contribution in [0.2, 0.25) is 0 Å². The lowest BCUT2D eigenvalue weighted by Gasteiger charge is -2.44. The molecule has 1 aromatic heterocycles. The van der Waals surface area contributed by atoms with Gasteiger partial charge in [0.1, 0.15) is 5.69 Å². The maximum absolute atomic E-state index is 13.0. The molecule has 2 saturated heterocycles. The molecule has 4 rings (SSSR count). The molecule has 2 aliphatic rings. The number of rotatable bonds is 4. The van der Waals surface area contributed by atoms with Crippen LogP contribution in [-0.2, 0) is 7.05 Å². The Labute approximate surface area is 155 Å². The average Bonchev–Trinajstić information content (AvgIpc) is 2.89. The van der Waals surface area contributed by atoms with Gasteiger partial charge in [0, 0.05) is 19.6 Å². The fourth-order valence-corrected chi connectivity index (χ4v) is 4.82. The third-order valence-electron chi connectivity index (χ3n) is 6.32. The standard InChI is InChI=1S/C21H30N4O/c1-16-20(21(26)25(23(16)2)18-10-4-3-5-11-18)22-15-17-9-8-14-24-13-7-6-12-19(17)24/h3-5,10-11,17,19,22H,6-9,12-15H2,1-2H3. The fourth-order valence-electron chi connectivity index (χ4n) is 4.82. The van der Waals surface area contributed by atoms with Gasteiger partial charge in [-0.1, -0.05) is 24.6 Å². The summed E-state index contributed by atoms with van der Waals surface area (Å²) < 4.78 is 3.71. The Morgan fingerprint density at radius 3 is 2.65 bits per heavy atom. The van der Waals surface area contributed by atoms with E-state index in [0.29, 0.717) is 12.0 Å². The summed E-state index contributed by atoms with van der Waals surface area (Å²) in [4.78, 5) is 15.7. The lowest BCUT2D eigenvalue weighted by Crippen LogP contribution is -2.49. The zero-order chi connectivity index (χ0) is 18.1. The van der Waals surface area contributed by atoms with Crippen molar-refractivity contribution >= 4 is 5.69 Å². The minimum Gasteiger partial charge on any atom is -0.379 e. The summed E-state index contributed by atoms with van der Waals surface area (Å²) >= 11 is 0. The summed E-state index contributed by atoms with van der Waals surface area (Å²) in [5.41, 5.74) is 2.71. The van der Waals surface area contributed by atoms with E-state index in [4.69, 9.17) is 0 Å². The van der Waals surface area contributed by atoms with Crippen LogP contribution in [-0.4, -0.2) is 39.9 Å². The van der Waals surface area contributed by atoms with Crippen molar-refractivity contribution in [3.8, 4) is 5.69 Å². The smallest absolute Gasteiger partial charge is 0.295 e. The second-order valence-electron chi connectivity index (χ2n) is 7.82. The van der Waals surface area contributed by atoms with Gasteiger partial charge in [-0.25, -0.2) is 4.68 Å². The van der Waals surface area contributed by atoms with E-state index >= 15 is 0 Å². The maximum Gasteiger partial charge on any atom is 0.295 e. The Bertz CT molecular complexity index is 805. The molecule has 2 aliphatic heterocycles. The van der Waals surface area contributed by atoms with E-state index in [1.54, 1.807) is 4.68 Å². The molecule has 0 spiro atoms. The molecule has 1 N–H and O–H groups in total. The molecule has 0 amide bonds. The highest BCUT2D eigenvalue weighted by Crippen LogP contribution is 2.31. The highest BCUT2D eigenvalue weighted by atomic mass is 16.1. The van der Waals surface area contributed by atoms with Crippen molar-refractivity contribution in [3.05, 3.63) is 46.4 Å². The van der Waals surface area contributed by atoms with Gasteiger partial charge in [-0.3, -0.25) is 9.48 Å². The van der Waals surface area contributed by atoms with E-state index in [1.807, 2.05) is 49.0 Å². The van der Waals surface area contributed by atoms with Crippen molar-refractivity contribution in [1.29, 1.82) is 0 Å². The van der Waals surface area contributed by atoms with Gasteiger partial charge in [-0.05, 0) is 63.7 Å². The van der Waals surface area contributed by atoms with Crippen LogP contribution in [0.15, 0.2) is 35.1 Å². The molecule has 2 unspecified atom stereocenters. The van der Waals surface area contributed by atoms with Gasteiger partial charge in [0.25, 0.3) is 5.56 Å². The third kappa shape index (κ3) is 3.09. The average molecular weight is 354 g/mol. The predicted octanol–water partition coefficient (Wildman–Crippen LogP) is 3.16. The van der Waals surface area contributed by atoms with Crippen LogP contribution < -0.4 is 10.9 Å². The Morgan fingerprint density at radius 1 is 1.08 bits per heavy atom. The zero-order valence-corrected chi connectivity index (χ0v) is 15.9. The van der Waals surface area contributed by atoms with Gasteiger partial charge >= 0.3 is 0 Å². The van der Waals surface area contributed by atoms with Gasteiger partial charge in [-0.15, -0.1) is 0 Å². The Morgan fingerprint density at radius 2 is 1.85 bits per heavy atom. The minimum atomic E-state index is 0.0486. The number of aromatic nitrogens is 2. The lowest BCUT2D eigenvalue weighted by molar-refractivity contribution is 0.0649. The first kappa shape index (κ1) is 17.4. The molecule has 5 nitrogen and oxygen atoms in total. The summed E-state index contributed by atoms with van der Waals surface area (Å²) in [6.45, 7) is 5.44. The first-order chi connectivity index (χ1) is 12.7. The normalized spacial score (nSPS) is 23.6. The van der Waals surface area contributed by atoms with E-state index in [2.05, 4.69) is 10.2 Å². The van der Waals surface area contributed by atoms with Crippen LogP contribution in [0.5, 0.6) is 0 Å². The lowest BCUT2D eigenvalue weighted by atomic mass is 9.83. The predicted molar refractivity (Wildman–Crippen MR) is 106 cm³/mol. The molecular weight excluding hydrogens is 324 g/mol. The van der Waals surface area contributed by atoms with E-state index in [0.717, 1.165) is 23.6 Å². The molecule has 1 aromatic carbocycles. The van der Waals surface area contributed by atoms with Gasteiger partial charge in [-0.2, -0.15) is 0 Å². The van der Waals surface area contributed by atoms with Gasteiger partial charge in [0.15, 0.2) is 0 Å². The molecular formula is C21H30N4O. The van der Waals surface area contributed by atoms with Crippen LogP contribution in [0.1, 0.15) is 37.8 Å². The van der Waals surface area contributed by atoms with E-state index < -0.39 is 0 Å². The number of hydrogen-bond acceptors (Lipinski definition) is 3. The number of para-hydroxylation sites is 1. The summed E-state index contributed by atoms with van der Waals surface area (Å²) in [7, 11) is 1.96. The number of fused-ring (bicyclic) bond motifs is 1. The van der Waals surface area contributed by atoms with Crippen molar-refractivity contribution in [2.75, 3.05) is 25.0 Å². The van der Waals surface area contributed by atoms with Crippen LogP contribution in [0.3, 0.4) is 0 Å². The van der Waals surface area contributed by atoms with E-state index in [-0.39, 0.29) is 5.56 Å². The minimum absolute atomic E-state index is 0.0486. The molecule has 3 heterocycles. The van der Waals surface area contributed by atoms with Crippen molar-refractivity contribution in [1.82, 2.24) is 14.3 Å². The van der Waals surface area contributed by atoms with Gasteiger partial charge in [0.2, 0.25) is 0 Å². The van der Waals surface area contributed by atoms with E-state index in [1.165, 1.54) is 45.2 Å². The highest BCUT2D eigenvalue weighted by molar-refractivity contribution is 5.49. The second-order valence-corrected chi connectivity index (χ2v) is 7.82. The number of piperidine rings is 2. The van der Waals surface area contributed by atoms with Crippen molar-refractivity contribution in [2.45, 2.75) is 45.1 Å². The van der Waals surface area contributed by atoms with Crippen LogP contribution in [0.25, 0.3) is 5.69 Å². The molecule has 2 fully saturated rings. The number of nitrogens with zero attached hydrogens (tertiary/aromatic N) is 3. The van der Waals surface area contributed by atoms with Gasteiger partial charge in [0.05, 0.1) is 11.4 Å². The molecule has 26 heavy (non-hydrogen) atoms. The zero-order valence-electron chi connectivity index (χ0n) is 15.9. The Hall–Kier alpha value is -2.01. The summed E-state index contributed by atoms with van der Waals surface area (Å²) in [5, 5.41) is 3.53. The first-order valence-corrected chi connectivity index (χ1v) is 9.99. The first-order valence-electron chi connectivity index (χ1n) is 9.99. The summed E-state index contributed by atoms with van der Waals surface area (Å²) in [6, 6.07) is 10.6. The number of anilines is 1. The number of benzene rings is 1. The molecule has 5 heteroatoms. The fraction of sp³-hybridized carbons (Fsp3) is 0.571. The van der Waals surface area contributed by atoms with Crippen LogP contribution in [0, 0.1) is 12.8 Å². The van der Waals surface area contributed by atoms with Crippen molar-refractivity contribution in [3.63, 3.8) is 0 Å². The number of nitrogens with one attached hydrogen (secondary N) is 1. The SMILES string of the molecule is Cc1c(NCC2CCCN3CCCCC23)c(=O)n(-c2ccccc2)n1C. The van der Waals surface area contributed by atoms with Gasteiger partial charge < -0.3 is 10.2 Å². The Balaban J connectivity index is 1.55.